The molecule has 3 N–H and O–H groups in total. The van der Waals surface area contributed by atoms with Crippen LogP contribution in [0, 0.1) is 5.82 Å². The zero-order valence-corrected chi connectivity index (χ0v) is 14.6. The number of benzene rings is 2. The number of nitrogen functional groups attached to an aromatic ring is 1. The van der Waals surface area contributed by atoms with Gasteiger partial charge in [-0.05, 0) is 23.3 Å². The van der Waals surface area contributed by atoms with Gasteiger partial charge in [0.2, 0.25) is 0 Å². The van der Waals surface area contributed by atoms with Crippen molar-refractivity contribution in [3.05, 3.63) is 71.7 Å². The van der Waals surface area contributed by atoms with Gasteiger partial charge in [0.1, 0.15) is 17.6 Å². The molecule has 6 nitrogen and oxygen atoms in total. The van der Waals surface area contributed by atoms with E-state index in [0.717, 1.165) is 11.1 Å². The summed E-state index contributed by atoms with van der Waals surface area (Å²) in [5.74, 6) is -0.204. The number of rotatable bonds is 3. The first kappa shape index (κ1) is 17.2. The topological polar surface area (TPSA) is 84.2 Å². The lowest BCUT2D eigenvalue weighted by Gasteiger charge is -2.33. The van der Waals surface area contributed by atoms with Crippen molar-refractivity contribution < 1.29 is 13.9 Å². The lowest BCUT2D eigenvalue weighted by Crippen LogP contribution is -2.42. The molecule has 0 radical (unpaired) electrons. The van der Waals surface area contributed by atoms with Crippen LogP contribution in [0.5, 0.6) is 0 Å². The number of aromatic amines is 1. The molecule has 0 bridgehead atoms. The van der Waals surface area contributed by atoms with Crippen molar-refractivity contribution >= 4 is 11.7 Å². The van der Waals surface area contributed by atoms with Crippen LogP contribution in [-0.4, -0.2) is 40.7 Å². The summed E-state index contributed by atoms with van der Waals surface area (Å²) in [6, 6.07) is 15.6. The van der Waals surface area contributed by atoms with E-state index in [9.17, 15) is 9.18 Å². The molecule has 1 atom stereocenters. The fourth-order valence-corrected chi connectivity index (χ4v) is 3.28. The maximum Gasteiger partial charge on any atom is 0.272 e. The first-order valence-corrected chi connectivity index (χ1v) is 8.69. The Morgan fingerprint density at radius 1 is 1.19 bits per heavy atom. The molecule has 1 aliphatic heterocycles. The Kier molecular flexibility index (Phi) is 4.60. The monoisotopic (exact) mass is 366 g/mol. The fourth-order valence-electron chi connectivity index (χ4n) is 3.28. The molecule has 1 aromatic heterocycles. The Bertz CT molecular complexity index is 940. The predicted octanol–water partition coefficient (Wildman–Crippen LogP) is 3.01. The molecule has 2 heterocycles. The number of nitrogens with two attached hydrogens (primary N) is 1. The number of anilines is 1. The Morgan fingerprint density at radius 2 is 1.93 bits per heavy atom. The molecular weight excluding hydrogens is 347 g/mol. The van der Waals surface area contributed by atoms with E-state index in [1.165, 1.54) is 12.1 Å². The van der Waals surface area contributed by atoms with Crippen LogP contribution < -0.4 is 5.73 Å². The molecule has 1 saturated heterocycles. The molecular formula is C20H19FN4O2. The van der Waals surface area contributed by atoms with E-state index >= 15 is 0 Å². The summed E-state index contributed by atoms with van der Waals surface area (Å²) in [4.78, 5) is 14.8. The number of hydrogen-bond donors (Lipinski definition) is 2. The Hall–Kier alpha value is -3.19. The molecule has 4 rings (SSSR count). The van der Waals surface area contributed by atoms with Crippen LogP contribution in [0.4, 0.5) is 10.2 Å². The van der Waals surface area contributed by atoms with E-state index in [1.54, 1.807) is 17.0 Å². The van der Waals surface area contributed by atoms with Crippen LogP contribution in [0.1, 0.15) is 22.2 Å². The summed E-state index contributed by atoms with van der Waals surface area (Å²) in [7, 11) is 0. The maximum absolute atomic E-state index is 13.2. The third kappa shape index (κ3) is 3.41. The van der Waals surface area contributed by atoms with Gasteiger partial charge in [0.25, 0.3) is 5.91 Å². The van der Waals surface area contributed by atoms with Crippen LogP contribution >= 0.6 is 0 Å². The highest BCUT2D eigenvalue weighted by molar-refractivity contribution is 6.01. The molecule has 1 aliphatic rings. The van der Waals surface area contributed by atoms with E-state index in [0.29, 0.717) is 31.0 Å². The third-order valence-corrected chi connectivity index (χ3v) is 4.67. The number of nitrogens with one attached hydrogen (secondary N) is 1. The number of aromatic nitrogens is 2. The van der Waals surface area contributed by atoms with E-state index in [1.807, 2.05) is 30.3 Å². The van der Waals surface area contributed by atoms with Crippen molar-refractivity contribution in [2.24, 2.45) is 0 Å². The molecule has 0 unspecified atom stereocenters. The van der Waals surface area contributed by atoms with E-state index in [4.69, 9.17) is 10.5 Å². The number of morpholine rings is 1. The number of halogens is 1. The predicted molar refractivity (Wildman–Crippen MR) is 99.4 cm³/mol. The average molecular weight is 366 g/mol. The molecule has 1 fully saturated rings. The van der Waals surface area contributed by atoms with Crippen LogP contribution in [0.3, 0.4) is 0 Å². The summed E-state index contributed by atoms with van der Waals surface area (Å²) < 4.78 is 18.9. The van der Waals surface area contributed by atoms with Gasteiger partial charge in [-0.2, -0.15) is 5.10 Å². The second-order valence-corrected chi connectivity index (χ2v) is 6.39. The van der Waals surface area contributed by atoms with Crippen LogP contribution in [0.15, 0.2) is 54.6 Å². The summed E-state index contributed by atoms with van der Waals surface area (Å²) in [5, 5.41) is 6.80. The molecule has 0 aliphatic carbocycles. The highest BCUT2D eigenvalue weighted by Gasteiger charge is 2.29. The van der Waals surface area contributed by atoms with Crippen molar-refractivity contribution in [3.63, 3.8) is 0 Å². The van der Waals surface area contributed by atoms with Crippen LogP contribution in [-0.2, 0) is 4.74 Å². The smallest absolute Gasteiger partial charge is 0.272 e. The van der Waals surface area contributed by atoms with Gasteiger partial charge in [-0.25, -0.2) is 4.39 Å². The highest BCUT2D eigenvalue weighted by atomic mass is 19.1. The number of carbonyl (C=O) groups excluding carboxylic acids is 1. The normalized spacial score (nSPS) is 17.1. The zero-order chi connectivity index (χ0) is 18.8. The Morgan fingerprint density at radius 3 is 2.67 bits per heavy atom. The molecule has 27 heavy (non-hydrogen) atoms. The van der Waals surface area contributed by atoms with Crippen LogP contribution in [0.2, 0.25) is 0 Å². The van der Waals surface area contributed by atoms with Crippen molar-refractivity contribution in [2.45, 2.75) is 6.10 Å². The van der Waals surface area contributed by atoms with Gasteiger partial charge in [0.15, 0.2) is 5.82 Å². The van der Waals surface area contributed by atoms with E-state index in [-0.39, 0.29) is 23.6 Å². The minimum absolute atomic E-state index is 0.187. The minimum Gasteiger partial charge on any atom is -0.382 e. The molecule has 1 amide bonds. The summed E-state index contributed by atoms with van der Waals surface area (Å²) >= 11 is 0. The molecule has 138 valence electrons. The highest BCUT2D eigenvalue weighted by Crippen LogP contribution is 2.30. The largest absolute Gasteiger partial charge is 0.382 e. The minimum atomic E-state index is -0.303. The van der Waals surface area contributed by atoms with Gasteiger partial charge in [-0.1, -0.05) is 42.5 Å². The van der Waals surface area contributed by atoms with Gasteiger partial charge < -0.3 is 15.4 Å². The van der Waals surface area contributed by atoms with Crippen molar-refractivity contribution in [1.82, 2.24) is 15.1 Å². The first-order valence-electron chi connectivity index (χ1n) is 8.69. The summed E-state index contributed by atoms with van der Waals surface area (Å²) in [5.41, 5.74) is 8.63. The first-order chi connectivity index (χ1) is 13.1. The molecule has 7 heteroatoms. The summed E-state index contributed by atoms with van der Waals surface area (Å²) in [6.45, 7) is 1.24. The number of amides is 1. The van der Waals surface area contributed by atoms with Gasteiger partial charge >= 0.3 is 0 Å². The van der Waals surface area contributed by atoms with Crippen molar-refractivity contribution in [1.29, 1.82) is 0 Å². The fraction of sp³-hybridized carbons (Fsp3) is 0.200. The number of H-pyrrole nitrogens is 1. The third-order valence-electron chi connectivity index (χ3n) is 4.67. The second kappa shape index (κ2) is 7.20. The standard InChI is InChI=1S/C20H19FN4O2/c21-15-8-6-13(7-9-15)16-12-25(10-11-27-16)20(26)18-17(19(22)24-23-18)14-4-2-1-3-5-14/h1-9,16H,10-12H2,(H3,22,23,24)/t16-/m1/s1. The number of carbonyl (C=O) groups is 1. The van der Waals surface area contributed by atoms with Crippen molar-refractivity contribution in [3.8, 4) is 11.1 Å². The Labute approximate surface area is 155 Å². The number of nitrogens with zero attached hydrogens (tertiary/aromatic N) is 2. The van der Waals surface area contributed by atoms with Crippen molar-refractivity contribution in [2.75, 3.05) is 25.4 Å². The SMILES string of the molecule is Nc1n[nH]c(C(=O)N2CCO[C@@H](c3ccc(F)cc3)C2)c1-c1ccccc1. The molecule has 0 spiro atoms. The Balaban J connectivity index is 1.59. The summed E-state index contributed by atoms with van der Waals surface area (Å²) in [6.07, 6.45) is -0.302. The lowest BCUT2D eigenvalue weighted by atomic mass is 10.0. The van der Waals surface area contributed by atoms with Gasteiger partial charge in [-0.15, -0.1) is 0 Å². The number of hydrogen-bond acceptors (Lipinski definition) is 4. The van der Waals surface area contributed by atoms with E-state index in [2.05, 4.69) is 10.2 Å². The molecule has 2 aromatic carbocycles. The zero-order valence-electron chi connectivity index (χ0n) is 14.6. The molecule has 3 aromatic rings. The molecule has 0 saturated carbocycles. The second-order valence-electron chi connectivity index (χ2n) is 6.39. The quantitative estimate of drug-likeness (QED) is 0.746. The van der Waals surface area contributed by atoms with Crippen LogP contribution in [0.25, 0.3) is 11.1 Å². The lowest BCUT2D eigenvalue weighted by molar-refractivity contribution is -0.0230. The van der Waals surface area contributed by atoms with E-state index < -0.39 is 0 Å². The average Bonchev–Trinajstić information content (AvgIpc) is 3.10. The number of ether oxygens (including phenoxy) is 1. The van der Waals surface area contributed by atoms with Gasteiger partial charge in [-0.3, -0.25) is 9.89 Å². The van der Waals surface area contributed by atoms with Gasteiger partial charge in [0, 0.05) is 6.54 Å². The van der Waals surface area contributed by atoms with Gasteiger partial charge in [0.05, 0.1) is 18.7 Å². The maximum atomic E-state index is 13.2.